The number of nitrogens with two attached hydrogens (primary N) is 1. The van der Waals surface area contributed by atoms with Crippen LogP contribution in [0, 0.1) is 6.92 Å². The number of nitrogens with one attached hydrogen (secondary N) is 1. The number of nitrogens with zero attached hydrogens (tertiary/aromatic N) is 2. The van der Waals surface area contributed by atoms with Gasteiger partial charge in [-0.1, -0.05) is 60.7 Å². The highest BCUT2D eigenvalue weighted by Gasteiger charge is 2.07. The molecular weight excluding hydrogens is 460 g/mol. The lowest BCUT2D eigenvalue weighted by atomic mass is 10.0. The first-order valence-electron chi connectivity index (χ1n) is 10.9. The van der Waals surface area contributed by atoms with Crippen LogP contribution in [-0.4, -0.2) is 23.6 Å². The Balaban J connectivity index is 1.67. The maximum atomic E-state index is 6.10. The summed E-state index contributed by atoms with van der Waals surface area (Å²) in [5.41, 5.74) is 11.5. The van der Waals surface area contributed by atoms with Crippen molar-refractivity contribution < 1.29 is 0 Å². The van der Waals surface area contributed by atoms with Gasteiger partial charge < -0.3 is 11.1 Å². The summed E-state index contributed by atoms with van der Waals surface area (Å²) in [7, 11) is 0. The first-order chi connectivity index (χ1) is 16.5. The van der Waals surface area contributed by atoms with E-state index in [1.807, 2.05) is 37.3 Å². The molecule has 0 aliphatic heterocycles. The Bertz CT molecular complexity index is 1210. The Morgan fingerprint density at radius 1 is 1.21 bits per heavy atom. The third-order valence-corrected chi connectivity index (χ3v) is 6.28. The molecule has 3 aromatic rings. The van der Waals surface area contributed by atoms with Gasteiger partial charge in [-0.15, -0.1) is 11.8 Å². The number of aryl methyl sites for hydroxylation is 1. The van der Waals surface area contributed by atoms with Crippen molar-refractivity contribution in [1.82, 2.24) is 4.98 Å². The van der Waals surface area contributed by atoms with Gasteiger partial charge in [-0.2, -0.15) is 0 Å². The van der Waals surface area contributed by atoms with Crippen molar-refractivity contribution >= 4 is 39.9 Å². The summed E-state index contributed by atoms with van der Waals surface area (Å²) in [6.45, 7) is 6.32. The fourth-order valence-electron chi connectivity index (χ4n) is 3.44. The molecule has 3 N–H and O–H groups in total. The number of benzene rings is 2. The Morgan fingerprint density at radius 2 is 2.00 bits per heavy atom. The lowest BCUT2D eigenvalue weighted by Crippen LogP contribution is -2.14. The second kappa shape index (κ2) is 12.8. The minimum absolute atomic E-state index is 0.472. The van der Waals surface area contributed by atoms with Crippen LogP contribution >= 0.6 is 23.4 Å². The smallest absolute Gasteiger partial charge is 0.130 e. The van der Waals surface area contributed by atoms with Gasteiger partial charge in [-0.25, -0.2) is 9.98 Å². The Labute approximate surface area is 211 Å². The van der Waals surface area contributed by atoms with Crippen molar-refractivity contribution in [2.45, 2.75) is 13.3 Å². The second-order valence-corrected chi connectivity index (χ2v) is 8.87. The number of hydrogen-bond donors (Lipinski definition) is 2. The molecule has 34 heavy (non-hydrogen) atoms. The first-order valence-corrected chi connectivity index (χ1v) is 12.5. The average molecular weight is 489 g/mol. The zero-order chi connectivity index (χ0) is 24.3. The molecule has 0 unspecified atom stereocenters. The maximum Gasteiger partial charge on any atom is 0.130 e. The Kier molecular flexibility index (Phi) is 9.56. The molecule has 174 valence electrons. The van der Waals surface area contributed by atoms with Gasteiger partial charge in [0.05, 0.1) is 0 Å². The van der Waals surface area contributed by atoms with Crippen LogP contribution < -0.4 is 11.1 Å². The quantitative estimate of drug-likeness (QED) is 0.186. The van der Waals surface area contributed by atoms with Crippen molar-refractivity contribution in [3.63, 3.8) is 0 Å². The van der Waals surface area contributed by atoms with Crippen LogP contribution in [0.15, 0.2) is 96.8 Å². The van der Waals surface area contributed by atoms with E-state index < -0.39 is 0 Å². The van der Waals surface area contributed by atoms with Gasteiger partial charge in [0.2, 0.25) is 0 Å². The maximum absolute atomic E-state index is 6.10. The van der Waals surface area contributed by atoms with Crippen molar-refractivity contribution in [1.29, 1.82) is 0 Å². The van der Waals surface area contributed by atoms with E-state index in [-0.39, 0.29) is 0 Å². The molecule has 6 heteroatoms. The van der Waals surface area contributed by atoms with Crippen molar-refractivity contribution in [3.8, 4) is 0 Å². The molecule has 0 spiro atoms. The SMILES string of the molecule is C=CN=C(N)c1cc(/C(=C/C=C/CNc2ncccc2Cc2ccc(Cl)cc2)SC)ccc1C. The highest BCUT2D eigenvalue weighted by molar-refractivity contribution is 8.07. The normalized spacial score (nSPS) is 12.2. The van der Waals surface area contributed by atoms with Crippen LogP contribution in [0.5, 0.6) is 0 Å². The molecule has 0 saturated carbocycles. The largest absolute Gasteiger partial charge is 0.383 e. The molecule has 3 rings (SSSR count). The van der Waals surface area contributed by atoms with E-state index in [4.69, 9.17) is 17.3 Å². The predicted octanol–water partition coefficient (Wildman–Crippen LogP) is 6.86. The number of thioether (sulfide) groups is 1. The summed E-state index contributed by atoms with van der Waals surface area (Å²) >= 11 is 7.69. The summed E-state index contributed by atoms with van der Waals surface area (Å²) in [4.78, 5) is 9.79. The van der Waals surface area contributed by atoms with Gasteiger partial charge in [0.1, 0.15) is 11.7 Å². The van der Waals surface area contributed by atoms with Crippen LogP contribution in [0.1, 0.15) is 27.8 Å². The number of allylic oxidation sites excluding steroid dienone is 2. The third kappa shape index (κ3) is 7.11. The number of anilines is 1. The molecule has 1 aromatic heterocycles. The lowest BCUT2D eigenvalue weighted by Gasteiger charge is -2.10. The van der Waals surface area contributed by atoms with Gasteiger partial charge in [-0.3, -0.25) is 0 Å². The highest BCUT2D eigenvalue weighted by atomic mass is 35.5. The fraction of sp³-hybridized carbons (Fsp3) is 0.143. The first kappa shape index (κ1) is 25.3. The number of aliphatic imine (C=N–C) groups is 1. The lowest BCUT2D eigenvalue weighted by molar-refractivity contribution is 1.12. The van der Waals surface area contributed by atoms with Crippen LogP contribution in [0.25, 0.3) is 4.91 Å². The zero-order valence-electron chi connectivity index (χ0n) is 19.5. The van der Waals surface area contributed by atoms with E-state index in [0.29, 0.717) is 12.4 Å². The molecule has 0 radical (unpaired) electrons. The number of halogens is 1. The molecule has 0 saturated heterocycles. The second-order valence-electron chi connectivity index (χ2n) is 7.59. The molecule has 0 atom stereocenters. The molecule has 0 aliphatic carbocycles. The van der Waals surface area contributed by atoms with Gasteiger partial charge in [0.25, 0.3) is 0 Å². The van der Waals surface area contributed by atoms with Crippen LogP contribution in [-0.2, 0) is 6.42 Å². The molecule has 0 fully saturated rings. The topological polar surface area (TPSA) is 63.3 Å². The summed E-state index contributed by atoms with van der Waals surface area (Å²) in [5.74, 6) is 1.36. The zero-order valence-corrected chi connectivity index (χ0v) is 21.0. The monoisotopic (exact) mass is 488 g/mol. The number of rotatable bonds is 10. The molecule has 1 heterocycles. The fourth-order valence-corrected chi connectivity index (χ4v) is 4.15. The van der Waals surface area contributed by atoms with E-state index in [0.717, 1.165) is 44.4 Å². The summed E-state index contributed by atoms with van der Waals surface area (Å²) in [6.07, 6.45) is 12.4. The molecule has 0 amide bonds. The number of amidine groups is 1. The van der Waals surface area contributed by atoms with Crippen LogP contribution in [0.3, 0.4) is 0 Å². The molecule has 2 aromatic carbocycles. The van der Waals surface area contributed by atoms with E-state index in [2.05, 4.69) is 70.6 Å². The Morgan fingerprint density at radius 3 is 2.74 bits per heavy atom. The highest BCUT2D eigenvalue weighted by Crippen LogP contribution is 2.27. The van der Waals surface area contributed by atoms with E-state index in [1.165, 1.54) is 11.8 Å². The third-order valence-electron chi connectivity index (χ3n) is 5.22. The van der Waals surface area contributed by atoms with Crippen molar-refractivity contribution in [2.75, 3.05) is 18.1 Å². The number of hydrogen-bond acceptors (Lipinski definition) is 4. The van der Waals surface area contributed by atoms with Crippen molar-refractivity contribution in [2.24, 2.45) is 10.7 Å². The Hall–Kier alpha value is -3.28. The van der Waals surface area contributed by atoms with Gasteiger partial charge >= 0.3 is 0 Å². The van der Waals surface area contributed by atoms with Gasteiger partial charge in [-0.05, 0) is 65.8 Å². The van der Waals surface area contributed by atoms with Crippen LogP contribution in [0.4, 0.5) is 5.82 Å². The standard InChI is InChI=1S/C28H29ClN4S/c1-4-31-27(30)25-19-22(13-10-20(25)2)26(34-3)9-5-6-16-32-28-23(8-7-17-33-28)18-21-11-14-24(29)15-12-21/h4-15,17,19H,1,16,18H2,2-3H3,(H2,30,31)(H,32,33)/b6-5+,26-9-. The minimum Gasteiger partial charge on any atom is -0.383 e. The van der Waals surface area contributed by atoms with Gasteiger partial charge in [0, 0.05) is 40.9 Å². The average Bonchev–Trinajstić information content (AvgIpc) is 2.84. The predicted molar refractivity (Wildman–Crippen MR) is 150 cm³/mol. The summed E-state index contributed by atoms with van der Waals surface area (Å²) in [6, 6.07) is 18.2. The number of pyridine rings is 1. The van der Waals surface area contributed by atoms with E-state index in [1.54, 1.807) is 18.0 Å². The summed E-state index contributed by atoms with van der Waals surface area (Å²) in [5, 5.41) is 4.16. The molecule has 0 aliphatic rings. The van der Waals surface area contributed by atoms with Gasteiger partial charge in [0.15, 0.2) is 0 Å². The minimum atomic E-state index is 0.472. The number of aromatic nitrogens is 1. The molecular formula is C28H29ClN4S. The molecule has 4 nitrogen and oxygen atoms in total. The van der Waals surface area contributed by atoms with Crippen LogP contribution in [0.2, 0.25) is 5.02 Å². The van der Waals surface area contributed by atoms with E-state index in [9.17, 15) is 0 Å². The molecule has 0 bridgehead atoms. The van der Waals surface area contributed by atoms with Crippen molar-refractivity contribution in [3.05, 3.63) is 125 Å². The van der Waals surface area contributed by atoms with E-state index >= 15 is 0 Å². The summed E-state index contributed by atoms with van der Waals surface area (Å²) < 4.78 is 0.